The van der Waals surface area contributed by atoms with Crippen LogP contribution in [0.2, 0.25) is 0 Å². The van der Waals surface area contributed by atoms with Crippen LogP contribution in [0.5, 0.6) is 0 Å². The molecule has 0 N–H and O–H groups in total. The molecule has 0 aromatic carbocycles. The fraction of sp³-hybridized carbons (Fsp3) is 0.389. The lowest BCUT2D eigenvalue weighted by molar-refractivity contribution is -0.130. The van der Waals surface area contributed by atoms with E-state index in [2.05, 4.69) is 16.7 Å². The van der Waals surface area contributed by atoms with Gasteiger partial charge in [0.1, 0.15) is 29.8 Å². The Kier molecular flexibility index (Phi) is 10.8. The van der Waals surface area contributed by atoms with Crippen molar-refractivity contribution in [1.82, 2.24) is 34.4 Å². The smallest absolute Gasteiger partial charge is 0.236 e. The van der Waals surface area contributed by atoms with E-state index in [1.165, 1.54) is 12.5 Å². The molecule has 1 atom stereocenters. The second-order valence-corrected chi connectivity index (χ2v) is 13.7. The Hall–Kier alpha value is -4.37. The predicted molar refractivity (Wildman–Crippen MR) is 188 cm³/mol. The van der Waals surface area contributed by atoms with E-state index in [9.17, 15) is 9.18 Å². The maximum atomic E-state index is 15.8. The Morgan fingerprint density at radius 1 is 1.16 bits per heavy atom. The van der Waals surface area contributed by atoms with Crippen molar-refractivity contribution in [1.29, 1.82) is 0 Å². The number of halogens is 3. The molecule has 1 unspecified atom stereocenters. The molecule has 0 saturated carbocycles. The molecule has 0 aliphatic carbocycles. The molecule has 6 rings (SSSR count). The van der Waals surface area contributed by atoms with Crippen LogP contribution in [-0.2, 0) is 33.8 Å². The number of carbonyl (C=O) groups is 1. The number of fused-ring (bicyclic) bond motifs is 3. The summed E-state index contributed by atoms with van der Waals surface area (Å²) in [7, 11) is 7.01. The minimum absolute atomic E-state index is 0.0138. The van der Waals surface area contributed by atoms with Crippen LogP contribution in [0.25, 0.3) is 38.8 Å². The molecule has 0 fully saturated rings. The molecule has 6 heterocycles. The molecule has 0 saturated heterocycles. The maximum Gasteiger partial charge on any atom is 0.236 e. The van der Waals surface area contributed by atoms with Crippen LogP contribution >= 0.6 is 11.3 Å². The highest BCUT2D eigenvalue weighted by Gasteiger charge is 2.27. The van der Waals surface area contributed by atoms with E-state index in [0.29, 0.717) is 60.4 Å². The molecular weight excluding hydrogens is 668 g/mol. The lowest BCUT2D eigenvalue weighted by atomic mass is 9.99. The summed E-state index contributed by atoms with van der Waals surface area (Å²) in [6.07, 6.45) is 6.34. The fourth-order valence-corrected chi connectivity index (χ4v) is 7.25. The topological polar surface area (TPSA) is 88.9 Å². The fourth-order valence-electron chi connectivity index (χ4n) is 6.31. The van der Waals surface area contributed by atoms with Gasteiger partial charge in [-0.2, -0.15) is 5.10 Å². The van der Waals surface area contributed by atoms with Gasteiger partial charge in [0.25, 0.3) is 0 Å². The average Bonchev–Trinajstić information content (AvgIpc) is 3.68. The summed E-state index contributed by atoms with van der Waals surface area (Å²) in [6, 6.07) is 3.95. The summed E-state index contributed by atoms with van der Waals surface area (Å²) >= 11 is 1.15. The number of hydrogen-bond donors (Lipinski definition) is 0. The molecule has 2 aliphatic heterocycles. The zero-order valence-electron chi connectivity index (χ0n) is 28.8. The first kappa shape index (κ1) is 35.5. The Morgan fingerprint density at radius 3 is 2.76 bits per heavy atom. The Bertz CT molecular complexity index is 1990. The van der Waals surface area contributed by atoms with Gasteiger partial charge in [-0.05, 0) is 37.7 Å². The second kappa shape index (κ2) is 15.3. The van der Waals surface area contributed by atoms with E-state index in [1.54, 1.807) is 25.2 Å². The largest absolute Gasteiger partial charge is 0.499 e. The van der Waals surface area contributed by atoms with Gasteiger partial charge in [0.2, 0.25) is 5.91 Å². The molecule has 0 bridgehead atoms. The van der Waals surface area contributed by atoms with Crippen molar-refractivity contribution in [2.45, 2.75) is 32.5 Å². The highest BCUT2D eigenvalue weighted by molar-refractivity contribution is 7.17. The van der Waals surface area contributed by atoms with Gasteiger partial charge in [-0.15, -0.1) is 11.3 Å². The average molecular weight is 708 g/mol. The van der Waals surface area contributed by atoms with Crippen molar-refractivity contribution in [3.05, 3.63) is 82.1 Å². The molecule has 0 spiro atoms. The zero-order valence-corrected chi connectivity index (χ0v) is 29.6. The predicted octanol–water partition coefficient (Wildman–Crippen LogP) is 6.15. The Labute approximate surface area is 293 Å². The number of rotatable bonds is 11. The Morgan fingerprint density at radius 2 is 1.98 bits per heavy atom. The molecule has 4 aromatic heterocycles. The van der Waals surface area contributed by atoms with Crippen molar-refractivity contribution in [2.75, 3.05) is 61.1 Å². The third kappa shape index (κ3) is 7.68. The molecular formula is C36H40F3N7O3S. The van der Waals surface area contributed by atoms with Gasteiger partial charge in [0.05, 0.1) is 47.2 Å². The number of aromatic nitrogens is 4. The van der Waals surface area contributed by atoms with Crippen LogP contribution in [-0.4, -0.2) is 101 Å². The minimum atomic E-state index is -0.938. The molecule has 10 nitrogen and oxygen atoms in total. The maximum absolute atomic E-state index is 15.8. The number of thiophene rings is 1. The summed E-state index contributed by atoms with van der Waals surface area (Å²) in [6.45, 7) is 5.55. The molecule has 50 heavy (non-hydrogen) atoms. The van der Waals surface area contributed by atoms with Crippen molar-refractivity contribution in [3.8, 4) is 22.6 Å². The van der Waals surface area contributed by atoms with Crippen molar-refractivity contribution in [2.24, 2.45) is 0 Å². The van der Waals surface area contributed by atoms with Crippen LogP contribution in [0.4, 0.5) is 13.2 Å². The summed E-state index contributed by atoms with van der Waals surface area (Å²) in [4.78, 5) is 28.1. The first-order valence-electron chi connectivity index (χ1n) is 16.3. The minimum Gasteiger partial charge on any atom is -0.499 e. The summed E-state index contributed by atoms with van der Waals surface area (Å²) in [5.41, 5.74) is 4.84. The molecule has 14 heteroatoms. The van der Waals surface area contributed by atoms with Gasteiger partial charge >= 0.3 is 0 Å². The van der Waals surface area contributed by atoms with Gasteiger partial charge in [0.15, 0.2) is 0 Å². The SMILES string of the molecule is COCCO/C=C/C(F)=C\C(F)=Cc1c(-c2cc3n(n2)C(C)CN(C)C3)nc(-c2cnc3c(c2)CN(CC(=O)N(C)C)CC3)c2scc(F)c12. The number of likely N-dealkylation sites (N-methyl/N-ethyl adjacent to an activating group) is 2. The normalized spacial score (nSPS) is 17.4. The number of methoxy groups -OCH3 is 1. The number of nitrogens with zero attached hydrogens (tertiary/aromatic N) is 7. The number of hydrogen-bond acceptors (Lipinski definition) is 9. The van der Waals surface area contributed by atoms with E-state index >= 15 is 8.78 Å². The number of carbonyl (C=O) groups excluding carboxylic acids is 1. The third-order valence-electron chi connectivity index (χ3n) is 8.73. The van der Waals surface area contributed by atoms with Crippen molar-refractivity contribution in [3.63, 3.8) is 0 Å². The number of pyridine rings is 2. The van der Waals surface area contributed by atoms with Crippen LogP contribution in [0.15, 0.2) is 53.8 Å². The van der Waals surface area contributed by atoms with E-state index in [1.807, 2.05) is 23.9 Å². The summed E-state index contributed by atoms with van der Waals surface area (Å²) in [5, 5.41) is 6.40. The number of amides is 1. The van der Waals surface area contributed by atoms with Crippen LogP contribution in [0.3, 0.4) is 0 Å². The Balaban J connectivity index is 1.46. The molecule has 2 aliphatic rings. The number of allylic oxidation sites excluding steroid dienone is 4. The molecule has 264 valence electrons. The summed E-state index contributed by atoms with van der Waals surface area (Å²) < 4.78 is 58.5. The van der Waals surface area contributed by atoms with E-state index in [-0.39, 0.29) is 41.7 Å². The van der Waals surface area contributed by atoms with Gasteiger partial charge in [-0.25, -0.2) is 18.2 Å². The van der Waals surface area contributed by atoms with Crippen LogP contribution < -0.4 is 0 Å². The van der Waals surface area contributed by atoms with E-state index in [4.69, 9.17) is 24.5 Å². The first-order valence-corrected chi connectivity index (χ1v) is 17.2. The number of ether oxygens (including phenoxy) is 2. The monoisotopic (exact) mass is 707 g/mol. The standard InChI is InChI=1S/C36H40F3N7O3S/c1-22-17-44(4)19-27-15-31(42-46(22)27)35-28(14-26(38)13-25(37)7-9-49-11-10-48-5)33-29(39)21-50-36(33)34(41-35)23-12-24-18-45(20-32(47)43(2)3)8-6-30(24)40-16-23/h7,9,12-16,21-22H,6,8,10-11,17-20H2,1-5H3/b9-7+,25-13+,26-14?. The quantitative estimate of drug-likeness (QED) is 0.104. The van der Waals surface area contributed by atoms with Crippen LogP contribution in [0.1, 0.15) is 35.5 Å². The first-order chi connectivity index (χ1) is 24.0. The van der Waals surface area contributed by atoms with Gasteiger partial charge in [-0.3, -0.25) is 24.3 Å². The molecule has 4 aromatic rings. The van der Waals surface area contributed by atoms with E-state index < -0.39 is 17.5 Å². The second-order valence-electron chi connectivity index (χ2n) is 12.8. The molecule has 1 amide bonds. The lowest BCUT2D eigenvalue weighted by Crippen LogP contribution is -2.39. The van der Waals surface area contributed by atoms with Gasteiger partial charge in [-0.1, -0.05) is 0 Å². The van der Waals surface area contributed by atoms with Crippen molar-refractivity contribution < 1.29 is 27.4 Å². The van der Waals surface area contributed by atoms with E-state index in [0.717, 1.165) is 53.2 Å². The highest BCUT2D eigenvalue weighted by Crippen LogP contribution is 2.41. The summed E-state index contributed by atoms with van der Waals surface area (Å²) in [5.74, 6) is -2.37. The van der Waals surface area contributed by atoms with Crippen LogP contribution in [0, 0.1) is 5.82 Å². The van der Waals surface area contributed by atoms with Crippen molar-refractivity contribution >= 4 is 33.4 Å². The highest BCUT2D eigenvalue weighted by atomic mass is 32.1. The third-order valence-corrected chi connectivity index (χ3v) is 9.68. The lowest BCUT2D eigenvalue weighted by Gasteiger charge is -2.28. The van der Waals surface area contributed by atoms with Gasteiger partial charge < -0.3 is 14.4 Å². The molecule has 0 radical (unpaired) electrons. The van der Waals surface area contributed by atoms with Gasteiger partial charge in [0, 0.05) is 99.7 Å². The zero-order chi connectivity index (χ0) is 35.5.